The number of amides is 1. The molecule has 112 valence electrons. The third kappa shape index (κ3) is 4.55. The van der Waals surface area contributed by atoms with Gasteiger partial charge in [-0.25, -0.2) is 4.39 Å². The molecule has 1 aliphatic rings. The van der Waals surface area contributed by atoms with Gasteiger partial charge in [-0.15, -0.1) is 0 Å². The molecule has 0 saturated carbocycles. The average Bonchev–Trinajstić information content (AvgIpc) is 2.98. The Morgan fingerprint density at radius 2 is 2.38 bits per heavy atom. The Labute approximate surface area is 123 Å². The van der Waals surface area contributed by atoms with E-state index >= 15 is 0 Å². The summed E-state index contributed by atoms with van der Waals surface area (Å²) in [5.41, 5.74) is 0.586. The van der Waals surface area contributed by atoms with Gasteiger partial charge < -0.3 is 15.2 Å². The van der Waals surface area contributed by atoms with Crippen molar-refractivity contribution < 1.29 is 19.0 Å². The van der Waals surface area contributed by atoms with Gasteiger partial charge in [0.1, 0.15) is 12.4 Å². The van der Waals surface area contributed by atoms with Gasteiger partial charge >= 0.3 is 0 Å². The number of carbonyl (C=O) groups excluding carboxylic acids is 1. The number of benzene rings is 1. The molecule has 5 heteroatoms. The van der Waals surface area contributed by atoms with Gasteiger partial charge in [-0.05, 0) is 37.5 Å². The quantitative estimate of drug-likeness (QED) is 0.826. The number of hydrogen-bond donors (Lipinski definition) is 2. The largest absolute Gasteiger partial charge is 0.384 e. The van der Waals surface area contributed by atoms with Gasteiger partial charge in [-0.2, -0.15) is 0 Å². The van der Waals surface area contributed by atoms with Gasteiger partial charge in [0.15, 0.2) is 0 Å². The summed E-state index contributed by atoms with van der Waals surface area (Å²) >= 11 is 0. The van der Waals surface area contributed by atoms with Gasteiger partial charge in [0, 0.05) is 18.7 Å². The number of aliphatic hydroxyl groups is 1. The molecule has 1 saturated heterocycles. The summed E-state index contributed by atoms with van der Waals surface area (Å²) < 4.78 is 18.7. The molecule has 0 aliphatic carbocycles. The molecule has 1 atom stereocenters. The van der Waals surface area contributed by atoms with Crippen LogP contribution in [-0.2, 0) is 4.74 Å². The van der Waals surface area contributed by atoms with Crippen molar-refractivity contribution in [1.82, 2.24) is 5.32 Å². The summed E-state index contributed by atoms with van der Waals surface area (Å²) in [6.45, 7) is 0.960. The first-order chi connectivity index (χ1) is 10.2. The van der Waals surface area contributed by atoms with Crippen LogP contribution in [-0.4, -0.2) is 36.9 Å². The Hall–Kier alpha value is -1.90. The SMILES string of the molecule is O=C(NCCC1CCCO1)c1ccc(F)cc1C#CCO. The summed E-state index contributed by atoms with van der Waals surface area (Å²) in [5, 5.41) is 11.5. The Bertz CT molecular complexity index is 556. The van der Waals surface area contributed by atoms with Crippen molar-refractivity contribution in [3.63, 3.8) is 0 Å². The number of ether oxygens (including phenoxy) is 1. The van der Waals surface area contributed by atoms with E-state index in [0.717, 1.165) is 25.9 Å². The summed E-state index contributed by atoms with van der Waals surface area (Å²) in [6, 6.07) is 3.81. The van der Waals surface area contributed by atoms with Crippen LogP contribution in [0.3, 0.4) is 0 Å². The van der Waals surface area contributed by atoms with Crippen molar-refractivity contribution in [3.05, 3.63) is 35.1 Å². The van der Waals surface area contributed by atoms with Crippen LogP contribution in [0.25, 0.3) is 0 Å². The van der Waals surface area contributed by atoms with Gasteiger partial charge in [0.2, 0.25) is 0 Å². The topological polar surface area (TPSA) is 58.6 Å². The van der Waals surface area contributed by atoms with Crippen molar-refractivity contribution in [2.24, 2.45) is 0 Å². The maximum Gasteiger partial charge on any atom is 0.252 e. The molecule has 2 N–H and O–H groups in total. The van der Waals surface area contributed by atoms with E-state index in [0.29, 0.717) is 12.1 Å². The fraction of sp³-hybridized carbons (Fsp3) is 0.438. The van der Waals surface area contributed by atoms with E-state index in [4.69, 9.17) is 9.84 Å². The summed E-state index contributed by atoms with van der Waals surface area (Å²) in [6.07, 6.45) is 3.08. The van der Waals surface area contributed by atoms with Gasteiger partial charge in [0.05, 0.1) is 11.7 Å². The van der Waals surface area contributed by atoms with Crippen molar-refractivity contribution in [3.8, 4) is 11.8 Å². The van der Waals surface area contributed by atoms with Crippen molar-refractivity contribution in [1.29, 1.82) is 0 Å². The first-order valence-electron chi connectivity index (χ1n) is 7.00. The lowest BCUT2D eigenvalue weighted by atomic mass is 10.1. The highest BCUT2D eigenvalue weighted by Gasteiger charge is 2.16. The molecular weight excluding hydrogens is 273 g/mol. The molecule has 21 heavy (non-hydrogen) atoms. The van der Waals surface area contributed by atoms with Crippen LogP contribution >= 0.6 is 0 Å². The predicted molar refractivity (Wildman–Crippen MR) is 76.3 cm³/mol. The Balaban J connectivity index is 1.97. The molecule has 1 aromatic carbocycles. The zero-order chi connectivity index (χ0) is 15.1. The molecule has 1 aromatic rings. The molecule has 2 rings (SSSR count). The maximum absolute atomic E-state index is 13.2. The second-order valence-corrected chi connectivity index (χ2v) is 4.83. The van der Waals surface area contributed by atoms with Crippen LogP contribution in [0.2, 0.25) is 0 Å². The summed E-state index contributed by atoms with van der Waals surface area (Å²) in [7, 11) is 0. The molecule has 1 unspecified atom stereocenters. The van der Waals surface area contributed by atoms with Crippen molar-refractivity contribution in [2.45, 2.75) is 25.4 Å². The fourth-order valence-corrected chi connectivity index (χ4v) is 2.27. The van der Waals surface area contributed by atoms with Crippen LogP contribution in [0.5, 0.6) is 0 Å². The maximum atomic E-state index is 13.2. The van der Waals surface area contributed by atoms with E-state index in [-0.39, 0.29) is 24.2 Å². The van der Waals surface area contributed by atoms with E-state index in [2.05, 4.69) is 17.2 Å². The number of nitrogens with one attached hydrogen (secondary N) is 1. The summed E-state index contributed by atoms with van der Waals surface area (Å²) in [5.74, 6) is 4.26. The Morgan fingerprint density at radius 3 is 3.10 bits per heavy atom. The number of carbonyl (C=O) groups is 1. The molecule has 1 aliphatic heterocycles. The first-order valence-corrected chi connectivity index (χ1v) is 7.00. The number of aliphatic hydroxyl groups excluding tert-OH is 1. The normalized spacial score (nSPS) is 17.1. The van der Waals surface area contributed by atoms with Crippen LogP contribution in [0.15, 0.2) is 18.2 Å². The number of hydrogen-bond acceptors (Lipinski definition) is 3. The average molecular weight is 291 g/mol. The van der Waals surface area contributed by atoms with Gasteiger partial charge in [-0.3, -0.25) is 4.79 Å². The molecule has 4 nitrogen and oxygen atoms in total. The highest BCUT2D eigenvalue weighted by Crippen LogP contribution is 2.15. The standard InChI is InChI=1S/C16H18FNO3/c17-13-5-6-15(12(11-13)3-1-9-19)16(20)18-8-7-14-4-2-10-21-14/h5-6,11,14,19H,2,4,7-10H2,(H,18,20). The molecule has 1 heterocycles. The molecular formula is C16H18FNO3. The van der Waals surface area contributed by atoms with Gasteiger partial charge in [0.25, 0.3) is 5.91 Å². The zero-order valence-electron chi connectivity index (χ0n) is 11.7. The first kappa shape index (κ1) is 15.5. The van der Waals surface area contributed by atoms with E-state index in [9.17, 15) is 9.18 Å². The van der Waals surface area contributed by atoms with Crippen molar-refractivity contribution in [2.75, 3.05) is 19.8 Å². The Morgan fingerprint density at radius 1 is 1.52 bits per heavy atom. The highest BCUT2D eigenvalue weighted by molar-refractivity contribution is 5.96. The van der Waals surface area contributed by atoms with Gasteiger partial charge in [-0.1, -0.05) is 11.8 Å². The molecule has 1 amide bonds. The van der Waals surface area contributed by atoms with Crippen LogP contribution in [0.1, 0.15) is 35.2 Å². The second-order valence-electron chi connectivity index (χ2n) is 4.83. The van der Waals surface area contributed by atoms with E-state index < -0.39 is 5.82 Å². The Kier molecular flexibility index (Phi) is 5.73. The van der Waals surface area contributed by atoms with Crippen LogP contribution in [0.4, 0.5) is 4.39 Å². The lowest BCUT2D eigenvalue weighted by Crippen LogP contribution is -2.27. The van der Waals surface area contributed by atoms with Crippen molar-refractivity contribution >= 4 is 5.91 Å². The minimum absolute atomic E-state index is 0.215. The van der Waals surface area contributed by atoms with Crippen LogP contribution in [0, 0.1) is 17.7 Å². The predicted octanol–water partition coefficient (Wildman–Crippen LogP) is 1.47. The number of halogens is 1. The third-order valence-corrected chi connectivity index (χ3v) is 3.30. The monoisotopic (exact) mass is 291 g/mol. The van der Waals surface area contributed by atoms with E-state index in [1.54, 1.807) is 0 Å². The summed E-state index contributed by atoms with van der Waals surface area (Å²) in [4.78, 5) is 12.1. The molecule has 1 fully saturated rings. The zero-order valence-corrected chi connectivity index (χ0v) is 11.7. The second kappa shape index (κ2) is 7.77. The molecule has 0 radical (unpaired) electrons. The fourth-order valence-electron chi connectivity index (χ4n) is 2.27. The third-order valence-electron chi connectivity index (χ3n) is 3.30. The van der Waals surface area contributed by atoms with Crippen LogP contribution < -0.4 is 5.32 Å². The number of rotatable bonds is 4. The van der Waals surface area contributed by atoms with E-state index in [1.807, 2.05) is 0 Å². The lowest BCUT2D eigenvalue weighted by molar-refractivity contribution is 0.0907. The highest BCUT2D eigenvalue weighted by atomic mass is 19.1. The minimum Gasteiger partial charge on any atom is -0.384 e. The molecule has 0 spiro atoms. The lowest BCUT2D eigenvalue weighted by Gasteiger charge is -2.11. The molecule has 0 aromatic heterocycles. The smallest absolute Gasteiger partial charge is 0.252 e. The minimum atomic E-state index is -0.465. The molecule has 0 bridgehead atoms. The van der Waals surface area contributed by atoms with E-state index in [1.165, 1.54) is 18.2 Å².